The summed E-state index contributed by atoms with van der Waals surface area (Å²) < 4.78 is 18.6. The second-order valence-electron chi connectivity index (χ2n) is 5.67. The van der Waals surface area contributed by atoms with E-state index in [-0.39, 0.29) is 11.7 Å². The van der Waals surface area contributed by atoms with E-state index in [4.69, 9.17) is 4.74 Å². The summed E-state index contributed by atoms with van der Waals surface area (Å²) in [5.41, 5.74) is 1.49. The number of benzene rings is 3. The van der Waals surface area contributed by atoms with Gasteiger partial charge in [-0.15, -0.1) is 0 Å². The predicted molar refractivity (Wildman–Crippen MR) is 101 cm³/mol. The van der Waals surface area contributed by atoms with Crippen LogP contribution in [0.1, 0.15) is 6.42 Å². The third-order valence-corrected chi connectivity index (χ3v) is 3.64. The van der Waals surface area contributed by atoms with Crippen molar-refractivity contribution < 1.29 is 13.9 Å². The van der Waals surface area contributed by atoms with Crippen LogP contribution in [0.2, 0.25) is 0 Å². The minimum absolute atomic E-state index is 0.131. The van der Waals surface area contributed by atoms with Gasteiger partial charge in [0.25, 0.3) is 0 Å². The fourth-order valence-corrected chi connectivity index (χ4v) is 2.34. The number of hydrogen-bond donors (Lipinski definition) is 2. The number of halogens is 1. The maximum atomic E-state index is 12.8. The molecule has 0 unspecified atom stereocenters. The van der Waals surface area contributed by atoms with Gasteiger partial charge in [0.15, 0.2) is 0 Å². The van der Waals surface area contributed by atoms with E-state index in [1.54, 1.807) is 0 Å². The molecule has 0 aliphatic rings. The molecule has 3 aromatic carbocycles. The lowest BCUT2D eigenvalue weighted by atomic mass is 10.2. The van der Waals surface area contributed by atoms with Crippen molar-refractivity contribution in [1.29, 1.82) is 0 Å². The molecule has 0 spiro atoms. The van der Waals surface area contributed by atoms with E-state index in [1.807, 2.05) is 54.6 Å². The number of rotatable bonds is 7. The van der Waals surface area contributed by atoms with Crippen LogP contribution in [0.15, 0.2) is 78.9 Å². The summed E-state index contributed by atoms with van der Waals surface area (Å²) >= 11 is 0. The van der Waals surface area contributed by atoms with Crippen LogP contribution in [0.25, 0.3) is 0 Å². The lowest BCUT2D eigenvalue weighted by Gasteiger charge is -2.09. The number of anilines is 2. The lowest BCUT2D eigenvalue weighted by molar-refractivity contribution is -0.115. The smallest absolute Gasteiger partial charge is 0.226 e. The highest BCUT2D eigenvalue weighted by Crippen LogP contribution is 2.22. The molecule has 0 atom stereocenters. The Labute approximate surface area is 151 Å². The Bertz CT molecular complexity index is 834. The van der Waals surface area contributed by atoms with Crippen molar-refractivity contribution in [3.8, 4) is 11.5 Å². The van der Waals surface area contributed by atoms with E-state index < -0.39 is 0 Å². The molecule has 1 amide bonds. The Morgan fingerprint density at radius 2 is 1.42 bits per heavy atom. The van der Waals surface area contributed by atoms with E-state index in [0.717, 1.165) is 17.2 Å². The van der Waals surface area contributed by atoms with Crippen molar-refractivity contribution in [2.45, 2.75) is 6.42 Å². The second-order valence-corrected chi connectivity index (χ2v) is 5.67. The number of hydrogen-bond acceptors (Lipinski definition) is 3. The monoisotopic (exact) mass is 350 g/mol. The molecular formula is C21H19FN2O2. The molecule has 0 aliphatic heterocycles. The zero-order valence-electron chi connectivity index (χ0n) is 14.1. The summed E-state index contributed by atoms with van der Waals surface area (Å²) in [4.78, 5) is 11.9. The van der Waals surface area contributed by atoms with E-state index in [9.17, 15) is 9.18 Å². The van der Waals surface area contributed by atoms with Crippen molar-refractivity contribution in [3.63, 3.8) is 0 Å². The van der Waals surface area contributed by atoms with Crippen molar-refractivity contribution >= 4 is 17.3 Å². The highest BCUT2D eigenvalue weighted by Gasteiger charge is 2.03. The molecule has 5 heteroatoms. The lowest BCUT2D eigenvalue weighted by Crippen LogP contribution is -2.16. The standard InChI is InChI=1S/C21H19FN2O2/c22-16-6-8-18(9-7-16)24-21(25)14-15-23-17-10-12-20(13-11-17)26-19-4-2-1-3-5-19/h1-13,23H,14-15H2,(H,24,25). The van der Waals surface area contributed by atoms with Crippen molar-refractivity contribution in [2.24, 2.45) is 0 Å². The van der Waals surface area contributed by atoms with Crippen LogP contribution >= 0.6 is 0 Å². The first-order valence-corrected chi connectivity index (χ1v) is 8.31. The first-order chi connectivity index (χ1) is 12.7. The van der Waals surface area contributed by atoms with Gasteiger partial charge in [-0.3, -0.25) is 4.79 Å². The number of nitrogens with one attached hydrogen (secondary N) is 2. The molecule has 3 rings (SSSR count). The fraction of sp³-hybridized carbons (Fsp3) is 0.0952. The number of carbonyl (C=O) groups is 1. The number of carbonyl (C=O) groups excluding carboxylic acids is 1. The van der Waals surface area contributed by atoms with Crippen LogP contribution in [-0.2, 0) is 4.79 Å². The Hall–Kier alpha value is -3.34. The molecule has 0 heterocycles. The molecule has 132 valence electrons. The van der Waals surface area contributed by atoms with Gasteiger partial charge >= 0.3 is 0 Å². The molecule has 4 nitrogen and oxygen atoms in total. The highest BCUT2D eigenvalue weighted by molar-refractivity contribution is 5.90. The topological polar surface area (TPSA) is 50.4 Å². The maximum Gasteiger partial charge on any atom is 0.226 e. The van der Waals surface area contributed by atoms with Gasteiger partial charge in [0.1, 0.15) is 17.3 Å². The fourth-order valence-electron chi connectivity index (χ4n) is 2.34. The van der Waals surface area contributed by atoms with Crippen molar-refractivity contribution in [3.05, 3.63) is 84.7 Å². The van der Waals surface area contributed by atoms with Crippen LogP contribution in [-0.4, -0.2) is 12.5 Å². The minimum atomic E-state index is -0.329. The van der Waals surface area contributed by atoms with Gasteiger partial charge in [-0.25, -0.2) is 4.39 Å². The van der Waals surface area contributed by atoms with Crippen LogP contribution in [0.3, 0.4) is 0 Å². The summed E-state index contributed by atoms with van der Waals surface area (Å²) in [7, 11) is 0. The number of ether oxygens (including phenoxy) is 1. The molecule has 0 radical (unpaired) electrons. The number of amides is 1. The van der Waals surface area contributed by atoms with Gasteiger partial charge in [-0.05, 0) is 60.7 Å². The van der Waals surface area contributed by atoms with Crippen LogP contribution < -0.4 is 15.4 Å². The predicted octanol–water partition coefficient (Wildman–Crippen LogP) is 5.06. The van der Waals surface area contributed by atoms with Gasteiger partial charge in [0.05, 0.1) is 0 Å². The molecule has 0 saturated carbocycles. The molecular weight excluding hydrogens is 331 g/mol. The number of para-hydroxylation sites is 1. The third-order valence-electron chi connectivity index (χ3n) is 3.64. The highest BCUT2D eigenvalue weighted by atomic mass is 19.1. The molecule has 0 bridgehead atoms. The first-order valence-electron chi connectivity index (χ1n) is 8.31. The van der Waals surface area contributed by atoms with Gasteiger partial charge in [0, 0.05) is 24.3 Å². The van der Waals surface area contributed by atoms with Gasteiger partial charge in [0.2, 0.25) is 5.91 Å². The van der Waals surface area contributed by atoms with Gasteiger partial charge < -0.3 is 15.4 Å². The van der Waals surface area contributed by atoms with E-state index in [2.05, 4.69) is 10.6 Å². The van der Waals surface area contributed by atoms with Gasteiger partial charge in [-0.1, -0.05) is 18.2 Å². The van der Waals surface area contributed by atoms with Crippen LogP contribution in [0.4, 0.5) is 15.8 Å². The second kappa shape index (κ2) is 8.67. The Morgan fingerprint density at radius 1 is 0.808 bits per heavy atom. The molecule has 3 aromatic rings. The summed E-state index contributed by atoms with van der Waals surface area (Å²) in [5.74, 6) is 1.07. The first kappa shape index (κ1) is 17.5. The van der Waals surface area contributed by atoms with E-state index >= 15 is 0 Å². The van der Waals surface area contributed by atoms with Crippen LogP contribution in [0, 0.1) is 5.82 Å². The van der Waals surface area contributed by atoms with E-state index in [0.29, 0.717) is 18.7 Å². The summed E-state index contributed by atoms with van der Waals surface area (Å²) in [6.45, 7) is 0.492. The third kappa shape index (κ3) is 5.34. The largest absolute Gasteiger partial charge is 0.457 e. The molecule has 2 N–H and O–H groups in total. The molecule has 0 saturated heterocycles. The summed E-state index contributed by atoms with van der Waals surface area (Å²) in [6, 6.07) is 22.8. The maximum absolute atomic E-state index is 12.8. The van der Waals surface area contributed by atoms with E-state index in [1.165, 1.54) is 24.3 Å². The molecule has 0 aliphatic carbocycles. The Morgan fingerprint density at radius 3 is 2.12 bits per heavy atom. The normalized spacial score (nSPS) is 10.2. The molecule has 26 heavy (non-hydrogen) atoms. The van der Waals surface area contributed by atoms with Gasteiger partial charge in [-0.2, -0.15) is 0 Å². The average Bonchev–Trinajstić information content (AvgIpc) is 2.66. The zero-order valence-corrected chi connectivity index (χ0v) is 14.1. The summed E-state index contributed by atoms with van der Waals surface area (Å²) in [6.07, 6.45) is 0.305. The Balaban J connectivity index is 1.43. The molecule has 0 fully saturated rings. The quantitative estimate of drug-likeness (QED) is 0.626. The van der Waals surface area contributed by atoms with Crippen molar-refractivity contribution in [2.75, 3.05) is 17.2 Å². The summed E-state index contributed by atoms with van der Waals surface area (Å²) in [5, 5.41) is 5.91. The molecule has 0 aromatic heterocycles. The minimum Gasteiger partial charge on any atom is -0.457 e. The van der Waals surface area contributed by atoms with Crippen LogP contribution in [0.5, 0.6) is 11.5 Å². The SMILES string of the molecule is O=C(CCNc1ccc(Oc2ccccc2)cc1)Nc1ccc(F)cc1. The zero-order chi connectivity index (χ0) is 18.2. The Kier molecular flexibility index (Phi) is 5.83. The average molecular weight is 350 g/mol. The van der Waals surface area contributed by atoms with Crippen molar-refractivity contribution in [1.82, 2.24) is 0 Å².